The van der Waals surface area contributed by atoms with Gasteiger partial charge in [0.15, 0.2) is 0 Å². The van der Waals surface area contributed by atoms with E-state index >= 15 is 0 Å². The van der Waals surface area contributed by atoms with E-state index in [-0.39, 0.29) is 5.91 Å². The average molecular weight is 365 g/mol. The van der Waals surface area contributed by atoms with Gasteiger partial charge in [0, 0.05) is 5.56 Å². The SMILES string of the molecule is O=C(N/N=C/c1ccc(-c2cccc(Cl)c2Cl)o1)c1cccs1. The van der Waals surface area contributed by atoms with E-state index in [9.17, 15) is 4.79 Å². The third kappa shape index (κ3) is 3.64. The Kier molecular flexibility index (Phi) is 4.81. The number of hydrogen-bond donors (Lipinski definition) is 1. The Labute approximate surface area is 146 Å². The summed E-state index contributed by atoms with van der Waals surface area (Å²) in [5, 5.41) is 6.59. The maximum Gasteiger partial charge on any atom is 0.281 e. The second kappa shape index (κ2) is 7.00. The first-order chi connectivity index (χ1) is 11.1. The smallest absolute Gasteiger partial charge is 0.281 e. The van der Waals surface area contributed by atoms with Gasteiger partial charge in [-0.1, -0.05) is 35.3 Å². The molecular formula is C16H10Cl2N2O2S. The number of carbonyl (C=O) groups is 1. The molecule has 0 aliphatic rings. The van der Waals surface area contributed by atoms with Crippen LogP contribution in [0.2, 0.25) is 10.0 Å². The molecule has 0 aliphatic heterocycles. The van der Waals surface area contributed by atoms with E-state index in [1.54, 1.807) is 36.4 Å². The number of benzene rings is 1. The van der Waals surface area contributed by atoms with Gasteiger partial charge in [0.1, 0.15) is 11.5 Å². The first kappa shape index (κ1) is 15.8. The molecule has 3 aromatic rings. The number of halogens is 2. The highest BCUT2D eigenvalue weighted by molar-refractivity contribution is 7.12. The molecule has 0 fully saturated rings. The molecule has 7 heteroatoms. The Morgan fingerprint density at radius 3 is 2.83 bits per heavy atom. The summed E-state index contributed by atoms with van der Waals surface area (Å²) in [5.74, 6) is 0.798. The minimum Gasteiger partial charge on any atom is -0.455 e. The summed E-state index contributed by atoms with van der Waals surface area (Å²) in [5.41, 5.74) is 3.13. The Bertz CT molecular complexity index is 857. The van der Waals surface area contributed by atoms with Crippen molar-refractivity contribution in [2.75, 3.05) is 0 Å². The molecule has 23 heavy (non-hydrogen) atoms. The summed E-state index contributed by atoms with van der Waals surface area (Å²) < 4.78 is 5.64. The van der Waals surface area contributed by atoms with Crippen molar-refractivity contribution in [3.05, 3.63) is 68.5 Å². The first-order valence-corrected chi connectivity index (χ1v) is 8.20. The van der Waals surface area contributed by atoms with Gasteiger partial charge in [-0.15, -0.1) is 11.3 Å². The second-order valence-corrected chi connectivity index (χ2v) is 6.21. The van der Waals surface area contributed by atoms with Crippen molar-refractivity contribution in [3.63, 3.8) is 0 Å². The topological polar surface area (TPSA) is 54.6 Å². The summed E-state index contributed by atoms with van der Waals surface area (Å²) in [6, 6.07) is 12.3. The Hall–Kier alpha value is -2.08. The molecule has 0 spiro atoms. The van der Waals surface area contributed by atoms with E-state index in [1.165, 1.54) is 17.6 Å². The molecule has 0 saturated carbocycles. The number of hydrazone groups is 1. The van der Waals surface area contributed by atoms with Gasteiger partial charge in [0.05, 0.1) is 21.1 Å². The normalized spacial score (nSPS) is 11.0. The minimum absolute atomic E-state index is 0.263. The molecule has 4 nitrogen and oxygen atoms in total. The van der Waals surface area contributed by atoms with E-state index < -0.39 is 0 Å². The van der Waals surface area contributed by atoms with Crippen LogP contribution in [-0.2, 0) is 0 Å². The number of amides is 1. The van der Waals surface area contributed by atoms with Crippen LogP contribution in [0.15, 0.2) is 57.4 Å². The van der Waals surface area contributed by atoms with Gasteiger partial charge in [-0.25, -0.2) is 5.43 Å². The number of nitrogens with zero attached hydrogens (tertiary/aromatic N) is 1. The number of carbonyl (C=O) groups excluding carboxylic acids is 1. The maximum absolute atomic E-state index is 11.7. The van der Waals surface area contributed by atoms with E-state index in [2.05, 4.69) is 10.5 Å². The van der Waals surface area contributed by atoms with Gasteiger partial charge in [0.25, 0.3) is 5.91 Å². The monoisotopic (exact) mass is 364 g/mol. The fourth-order valence-electron chi connectivity index (χ4n) is 1.88. The summed E-state index contributed by atoms with van der Waals surface area (Å²) in [6.45, 7) is 0. The summed E-state index contributed by atoms with van der Waals surface area (Å²) in [7, 11) is 0. The van der Waals surface area contributed by atoms with Gasteiger partial charge < -0.3 is 4.42 Å². The molecule has 3 rings (SSSR count). The third-order valence-electron chi connectivity index (χ3n) is 2.95. The molecular weight excluding hydrogens is 355 g/mol. The molecule has 0 radical (unpaired) electrons. The van der Waals surface area contributed by atoms with E-state index in [0.717, 1.165) is 0 Å². The lowest BCUT2D eigenvalue weighted by molar-refractivity contribution is 0.0959. The molecule has 0 saturated heterocycles. The van der Waals surface area contributed by atoms with Crippen LogP contribution >= 0.6 is 34.5 Å². The van der Waals surface area contributed by atoms with Crippen molar-refractivity contribution in [3.8, 4) is 11.3 Å². The highest BCUT2D eigenvalue weighted by atomic mass is 35.5. The highest BCUT2D eigenvalue weighted by Crippen LogP contribution is 2.34. The van der Waals surface area contributed by atoms with Crippen LogP contribution in [0.5, 0.6) is 0 Å². The van der Waals surface area contributed by atoms with E-state index in [0.29, 0.717) is 32.0 Å². The van der Waals surface area contributed by atoms with Crippen molar-refractivity contribution >= 4 is 46.7 Å². The number of nitrogens with one attached hydrogen (secondary N) is 1. The fraction of sp³-hybridized carbons (Fsp3) is 0. The quantitative estimate of drug-likeness (QED) is 0.518. The number of hydrogen-bond acceptors (Lipinski definition) is 4. The van der Waals surface area contributed by atoms with E-state index in [4.69, 9.17) is 27.6 Å². The van der Waals surface area contributed by atoms with E-state index in [1.807, 2.05) is 11.4 Å². The second-order valence-electron chi connectivity index (χ2n) is 4.48. The van der Waals surface area contributed by atoms with Crippen LogP contribution in [0.4, 0.5) is 0 Å². The van der Waals surface area contributed by atoms with Gasteiger partial charge in [0.2, 0.25) is 0 Å². The fourth-order valence-corrected chi connectivity index (χ4v) is 2.89. The van der Waals surface area contributed by atoms with Crippen molar-refractivity contribution in [1.29, 1.82) is 0 Å². The predicted molar refractivity (Wildman–Crippen MR) is 93.5 cm³/mol. The zero-order valence-corrected chi connectivity index (χ0v) is 14.0. The van der Waals surface area contributed by atoms with Crippen LogP contribution in [-0.4, -0.2) is 12.1 Å². The molecule has 0 unspecified atom stereocenters. The van der Waals surface area contributed by atoms with Crippen LogP contribution < -0.4 is 5.43 Å². The summed E-state index contributed by atoms with van der Waals surface area (Å²) in [6.07, 6.45) is 1.42. The van der Waals surface area contributed by atoms with Crippen molar-refractivity contribution < 1.29 is 9.21 Å². The standard InChI is InChI=1S/C16H10Cl2N2O2S/c17-12-4-1-3-11(15(12)18)13-7-6-10(22-13)9-19-20-16(21)14-5-2-8-23-14/h1-9H,(H,20,21)/b19-9+. The number of thiophene rings is 1. The van der Waals surface area contributed by atoms with Crippen LogP contribution in [0.3, 0.4) is 0 Å². The van der Waals surface area contributed by atoms with Crippen LogP contribution in [0.1, 0.15) is 15.4 Å². The molecule has 1 aromatic carbocycles. The molecule has 1 N–H and O–H groups in total. The van der Waals surface area contributed by atoms with Gasteiger partial charge in [-0.3, -0.25) is 4.79 Å². The maximum atomic E-state index is 11.7. The lowest BCUT2D eigenvalue weighted by atomic mass is 10.2. The molecule has 116 valence electrons. The molecule has 2 heterocycles. The van der Waals surface area contributed by atoms with Crippen LogP contribution in [0.25, 0.3) is 11.3 Å². The zero-order chi connectivity index (χ0) is 16.2. The first-order valence-electron chi connectivity index (χ1n) is 6.56. The largest absolute Gasteiger partial charge is 0.455 e. The Morgan fingerprint density at radius 2 is 2.04 bits per heavy atom. The molecule has 0 aliphatic carbocycles. The average Bonchev–Trinajstić information content (AvgIpc) is 3.21. The third-order valence-corrected chi connectivity index (χ3v) is 4.63. The summed E-state index contributed by atoms with van der Waals surface area (Å²) >= 11 is 13.5. The molecule has 0 bridgehead atoms. The van der Waals surface area contributed by atoms with Crippen LogP contribution in [0, 0.1) is 0 Å². The predicted octanol–water partition coefficient (Wildman–Crippen LogP) is 5.08. The summed E-state index contributed by atoms with van der Waals surface area (Å²) in [4.78, 5) is 12.3. The molecule has 0 atom stereocenters. The minimum atomic E-state index is -0.263. The zero-order valence-electron chi connectivity index (χ0n) is 11.6. The molecule has 1 amide bonds. The van der Waals surface area contributed by atoms with Gasteiger partial charge in [-0.2, -0.15) is 5.10 Å². The highest BCUT2D eigenvalue weighted by Gasteiger charge is 2.10. The van der Waals surface area contributed by atoms with Gasteiger partial charge in [-0.05, 0) is 35.7 Å². The van der Waals surface area contributed by atoms with Crippen molar-refractivity contribution in [1.82, 2.24) is 5.43 Å². The van der Waals surface area contributed by atoms with Gasteiger partial charge >= 0.3 is 0 Å². The number of rotatable bonds is 4. The van der Waals surface area contributed by atoms with Crippen molar-refractivity contribution in [2.45, 2.75) is 0 Å². The van der Waals surface area contributed by atoms with Crippen molar-refractivity contribution in [2.24, 2.45) is 5.10 Å². The molecule has 2 aromatic heterocycles. The number of furan rings is 1. The lowest BCUT2D eigenvalue weighted by Gasteiger charge is -2.01. The Balaban J connectivity index is 1.71. The Morgan fingerprint density at radius 1 is 1.17 bits per heavy atom. The lowest BCUT2D eigenvalue weighted by Crippen LogP contribution is -2.15.